The van der Waals surface area contributed by atoms with Crippen LogP contribution in [0.1, 0.15) is 12.0 Å². The van der Waals surface area contributed by atoms with Gasteiger partial charge < -0.3 is 20.7 Å². The molecular formula is C23H27F2N5O2. The number of halogens is 2. The second kappa shape index (κ2) is 10.8. The number of aromatic amines is 1. The smallest absolute Gasteiger partial charge is 0.241 e. The Bertz CT molecular complexity index is 1040. The first kappa shape index (κ1) is 23.4. The first-order chi connectivity index (χ1) is 15.3. The molecule has 0 radical (unpaired) electrons. The molecule has 0 bridgehead atoms. The summed E-state index contributed by atoms with van der Waals surface area (Å²) in [5.74, 6) is -1.14. The molecule has 0 aliphatic rings. The molecule has 0 aliphatic heterocycles. The monoisotopic (exact) mass is 443 g/mol. The average molecular weight is 443 g/mol. The number of anilines is 1. The summed E-state index contributed by atoms with van der Waals surface area (Å²) in [5, 5.41) is 9.16. The summed E-state index contributed by atoms with van der Waals surface area (Å²) in [4.78, 5) is 14.7. The van der Waals surface area contributed by atoms with E-state index in [-0.39, 0.29) is 12.1 Å². The molecule has 1 amide bonds. The lowest BCUT2D eigenvalue weighted by atomic mass is 10.0. The first-order valence-electron chi connectivity index (χ1n) is 10.2. The van der Waals surface area contributed by atoms with Gasteiger partial charge in [0.25, 0.3) is 0 Å². The summed E-state index contributed by atoms with van der Waals surface area (Å²) >= 11 is 0. The van der Waals surface area contributed by atoms with Crippen LogP contribution in [0.5, 0.6) is 5.75 Å². The number of nitrogens with two attached hydrogens (primary N) is 1. The molecule has 4 N–H and O–H groups in total. The maximum Gasteiger partial charge on any atom is 0.241 e. The number of aromatic nitrogens is 2. The predicted molar refractivity (Wildman–Crippen MR) is 119 cm³/mol. The number of nitrogens with one attached hydrogen (secondary N) is 2. The third kappa shape index (κ3) is 6.35. The van der Waals surface area contributed by atoms with Crippen LogP contribution in [0.4, 0.5) is 14.5 Å². The van der Waals surface area contributed by atoms with Crippen molar-refractivity contribution < 1.29 is 18.3 Å². The third-order valence-corrected chi connectivity index (χ3v) is 4.82. The van der Waals surface area contributed by atoms with Gasteiger partial charge in [0, 0.05) is 29.9 Å². The molecule has 1 heterocycles. The molecule has 0 fully saturated rings. The highest BCUT2D eigenvalue weighted by Gasteiger charge is 2.19. The standard InChI is InChI=1S/C23H27F2N5O2/c1-30(2)7-4-8-32-22-11-18(16-13-27-28-14-16)19(25)12-21(22)29-23(31)20(26)10-15-5-3-6-17(24)9-15/h3,5-6,9,11-14,20H,4,7-8,10,26H2,1-2H3,(H,27,28)(H,29,31). The van der Waals surface area contributed by atoms with Crippen LogP contribution in [0.3, 0.4) is 0 Å². The Balaban J connectivity index is 1.78. The lowest BCUT2D eigenvalue weighted by molar-refractivity contribution is -0.117. The van der Waals surface area contributed by atoms with E-state index >= 15 is 0 Å². The van der Waals surface area contributed by atoms with Crippen LogP contribution < -0.4 is 15.8 Å². The van der Waals surface area contributed by atoms with Crippen molar-refractivity contribution in [3.63, 3.8) is 0 Å². The molecule has 1 aromatic heterocycles. The van der Waals surface area contributed by atoms with Crippen molar-refractivity contribution in [2.75, 3.05) is 32.6 Å². The molecule has 0 saturated heterocycles. The Hall–Kier alpha value is -3.30. The van der Waals surface area contributed by atoms with Crippen LogP contribution in [0, 0.1) is 11.6 Å². The molecule has 7 nitrogen and oxygen atoms in total. The number of hydrogen-bond donors (Lipinski definition) is 3. The Labute approximate surface area is 185 Å². The fraction of sp³-hybridized carbons (Fsp3) is 0.304. The highest BCUT2D eigenvalue weighted by molar-refractivity contribution is 5.96. The minimum absolute atomic E-state index is 0.137. The summed E-state index contributed by atoms with van der Waals surface area (Å²) in [6.45, 7) is 1.20. The molecular weight excluding hydrogens is 416 g/mol. The summed E-state index contributed by atoms with van der Waals surface area (Å²) in [5.41, 5.74) is 7.63. The third-order valence-electron chi connectivity index (χ3n) is 4.82. The minimum Gasteiger partial charge on any atom is -0.491 e. The normalized spacial score (nSPS) is 12.1. The number of nitrogens with zero attached hydrogens (tertiary/aromatic N) is 2. The fourth-order valence-corrected chi connectivity index (χ4v) is 3.19. The van der Waals surface area contributed by atoms with Gasteiger partial charge in [0.2, 0.25) is 5.91 Å². The molecule has 9 heteroatoms. The number of carbonyl (C=O) groups is 1. The maximum absolute atomic E-state index is 14.8. The summed E-state index contributed by atoms with van der Waals surface area (Å²) < 4.78 is 34.1. The van der Waals surface area contributed by atoms with Gasteiger partial charge in [-0.3, -0.25) is 9.89 Å². The number of hydrogen-bond acceptors (Lipinski definition) is 5. The quantitative estimate of drug-likeness (QED) is 0.418. The topological polar surface area (TPSA) is 96.3 Å². The van der Waals surface area contributed by atoms with Crippen molar-refractivity contribution in [1.29, 1.82) is 0 Å². The molecule has 32 heavy (non-hydrogen) atoms. The van der Waals surface area contributed by atoms with Crippen molar-refractivity contribution in [2.24, 2.45) is 5.73 Å². The van der Waals surface area contributed by atoms with Gasteiger partial charge in [-0.15, -0.1) is 0 Å². The number of benzene rings is 2. The van der Waals surface area contributed by atoms with E-state index < -0.39 is 23.6 Å². The first-order valence-corrected chi connectivity index (χ1v) is 10.2. The summed E-state index contributed by atoms with van der Waals surface area (Å²) in [6, 6.07) is 7.67. The largest absolute Gasteiger partial charge is 0.491 e. The molecule has 170 valence electrons. The average Bonchev–Trinajstić information content (AvgIpc) is 3.26. The second-order valence-corrected chi connectivity index (χ2v) is 7.75. The molecule has 0 saturated carbocycles. The number of amides is 1. The van der Waals surface area contributed by atoms with E-state index in [1.165, 1.54) is 30.5 Å². The lowest BCUT2D eigenvalue weighted by Gasteiger charge is -2.17. The molecule has 2 aromatic carbocycles. The van der Waals surface area contributed by atoms with E-state index in [1.807, 2.05) is 19.0 Å². The van der Waals surface area contributed by atoms with E-state index in [2.05, 4.69) is 15.5 Å². The Morgan fingerprint density at radius 2 is 2.09 bits per heavy atom. The van der Waals surface area contributed by atoms with Gasteiger partial charge in [-0.1, -0.05) is 12.1 Å². The van der Waals surface area contributed by atoms with Gasteiger partial charge in [0.05, 0.1) is 24.5 Å². The minimum atomic E-state index is -0.949. The maximum atomic E-state index is 14.8. The lowest BCUT2D eigenvalue weighted by Crippen LogP contribution is -2.37. The SMILES string of the molecule is CN(C)CCCOc1cc(-c2cn[nH]c2)c(F)cc1NC(=O)C(N)Cc1cccc(F)c1. The van der Waals surface area contributed by atoms with Crippen LogP contribution in [-0.2, 0) is 11.2 Å². The Morgan fingerprint density at radius 1 is 1.28 bits per heavy atom. The zero-order valence-corrected chi connectivity index (χ0v) is 18.1. The molecule has 0 aliphatic carbocycles. The van der Waals surface area contributed by atoms with Crippen molar-refractivity contribution in [1.82, 2.24) is 15.1 Å². The van der Waals surface area contributed by atoms with Crippen molar-refractivity contribution in [3.05, 3.63) is 66.0 Å². The highest BCUT2D eigenvalue weighted by Crippen LogP contribution is 2.33. The van der Waals surface area contributed by atoms with Crippen molar-refractivity contribution >= 4 is 11.6 Å². The van der Waals surface area contributed by atoms with E-state index in [0.29, 0.717) is 29.0 Å². The number of rotatable bonds is 10. The van der Waals surface area contributed by atoms with Gasteiger partial charge >= 0.3 is 0 Å². The van der Waals surface area contributed by atoms with Crippen LogP contribution in [0.2, 0.25) is 0 Å². The number of ether oxygens (including phenoxy) is 1. The molecule has 3 rings (SSSR count). The second-order valence-electron chi connectivity index (χ2n) is 7.75. The molecule has 3 aromatic rings. The van der Waals surface area contributed by atoms with Crippen LogP contribution in [0.25, 0.3) is 11.1 Å². The van der Waals surface area contributed by atoms with Crippen LogP contribution in [-0.4, -0.2) is 54.3 Å². The van der Waals surface area contributed by atoms with Gasteiger partial charge in [-0.2, -0.15) is 5.10 Å². The number of carbonyl (C=O) groups excluding carboxylic acids is 1. The van der Waals surface area contributed by atoms with Gasteiger partial charge in [0.1, 0.15) is 17.4 Å². The van der Waals surface area contributed by atoms with Crippen LogP contribution in [0.15, 0.2) is 48.8 Å². The zero-order chi connectivity index (χ0) is 23.1. The zero-order valence-electron chi connectivity index (χ0n) is 18.1. The van der Waals surface area contributed by atoms with Gasteiger partial charge in [0.15, 0.2) is 0 Å². The highest BCUT2D eigenvalue weighted by atomic mass is 19.1. The van der Waals surface area contributed by atoms with E-state index in [9.17, 15) is 13.6 Å². The Kier molecular flexibility index (Phi) is 7.91. The molecule has 0 spiro atoms. The summed E-state index contributed by atoms with van der Waals surface area (Å²) in [7, 11) is 3.92. The molecule has 1 unspecified atom stereocenters. The van der Waals surface area contributed by atoms with Gasteiger partial charge in [-0.25, -0.2) is 8.78 Å². The van der Waals surface area contributed by atoms with Gasteiger partial charge in [-0.05, 0) is 50.7 Å². The summed E-state index contributed by atoms with van der Waals surface area (Å²) in [6.07, 6.45) is 3.96. The van der Waals surface area contributed by atoms with Crippen LogP contribution >= 0.6 is 0 Å². The van der Waals surface area contributed by atoms with E-state index in [1.54, 1.807) is 18.3 Å². The predicted octanol–water partition coefficient (Wildman–Crippen LogP) is 3.19. The van der Waals surface area contributed by atoms with Crippen molar-refractivity contribution in [2.45, 2.75) is 18.9 Å². The fourth-order valence-electron chi connectivity index (χ4n) is 3.19. The number of H-pyrrole nitrogens is 1. The Morgan fingerprint density at radius 3 is 2.78 bits per heavy atom. The van der Waals surface area contributed by atoms with E-state index in [0.717, 1.165) is 13.0 Å². The van der Waals surface area contributed by atoms with Crippen molar-refractivity contribution in [3.8, 4) is 16.9 Å². The molecule has 1 atom stereocenters. The van der Waals surface area contributed by atoms with E-state index in [4.69, 9.17) is 10.5 Å².